The monoisotopic (exact) mass is 436 g/mol. The van der Waals surface area contributed by atoms with Gasteiger partial charge in [0.05, 0.1) is 13.2 Å². The van der Waals surface area contributed by atoms with E-state index in [-0.39, 0.29) is 23.6 Å². The molecule has 0 bridgehead atoms. The minimum atomic E-state index is -0.698. The van der Waals surface area contributed by atoms with Crippen molar-refractivity contribution in [2.45, 2.75) is 44.2 Å². The van der Waals surface area contributed by atoms with E-state index >= 15 is 0 Å². The van der Waals surface area contributed by atoms with Crippen molar-refractivity contribution in [3.8, 4) is 18.1 Å². The zero-order chi connectivity index (χ0) is 22.7. The van der Waals surface area contributed by atoms with E-state index in [1.165, 1.54) is 0 Å². The van der Waals surface area contributed by atoms with Gasteiger partial charge in [-0.3, -0.25) is 14.4 Å². The lowest BCUT2D eigenvalue weighted by Crippen LogP contribution is -2.50. The Morgan fingerprint density at radius 2 is 2.06 bits per heavy atom. The molecule has 2 aliphatic rings. The minimum absolute atomic E-state index is 0.0310. The van der Waals surface area contributed by atoms with Crippen LogP contribution in [0.1, 0.15) is 42.6 Å². The Hall–Kier alpha value is -3.47. The number of nitrogens with one attached hydrogen (secondary N) is 4. The summed E-state index contributed by atoms with van der Waals surface area (Å²) in [5.41, 5.74) is 1.13. The first-order chi connectivity index (χ1) is 15.5. The Morgan fingerprint density at radius 3 is 2.72 bits per heavy atom. The molecule has 3 unspecified atom stereocenters. The summed E-state index contributed by atoms with van der Waals surface area (Å²) in [4.78, 5) is 40.9. The molecular formula is C24H28N4O4. The fourth-order valence-electron chi connectivity index (χ4n) is 4.18. The molecule has 1 aliphatic heterocycles. The number of carbonyl (C=O) groups is 3. The van der Waals surface area contributed by atoms with Crippen LogP contribution in [0.2, 0.25) is 0 Å². The number of fused-ring (bicyclic) bond motifs is 1. The average molecular weight is 437 g/mol. The highest BCUT2D eigenvalue weighted by atomic mass is 16.5. The highest BCUT2D eigenvalue weighted by Crippen LogP contribution is 2.34. The molecular weight excluding hydrogens is 408 g/mol. The molecule has 1 saturated heterocycles. The average Bonchev–Trinajstić information content (AvgIpc) is 3.35. The molecule has 0 radical (unpaired) electrons. The van der Waals surface area contributed by atoms with Gasteiger partial charge in [0.2, 0.25) is 11.8 Å². The molecule has 3 amide bonds. The normalized spacial score (nSPS) is 19.6. The summed E-state index contributed by atoms with van der Waals surface area (Å²) in [5.74, 6) is 2.74. The van der Waals surface area contributed by atoms with E-state index in [1.807, 2.05) is 18.2 Å². The lowest BCUT2D eigenvalue weighted by atomic mass is 9.98. The number of terminal acetylenes is 1. The van der Waals surface area contributed by atoms with Crippen LogP contribution in [0.25, 0.3) is 10.9 Å². The number of hydrogen-bond acceptors (Lipinski definition) is 4. The van der Waals surface area contributed by atoms with Crippen LogP contribution in [0, 0.1) is 24.2 Å². The zero-order valence-corrected chi connectivity index (χ0v) is 18.1. The van der Waals surface area contributed by atoms with E-state index < -0.39 is 12.1 Å². The van der Waals surface area contributed by atoms with Crippen molar-refractivity contribution in [3.05, 3.63) is 30.0 Å². The first kappa shape index (κ1) is 21.8. The predicted octanol–water partition coefficient (Wildman–Crippen LogP) is 1.72. The van der Waals surface area contributed by atoms with Gasteiger partial charge in [0.15, 0.2) is 0 Å². The van der Waals surface area contributed by atoms with Crippen LogP contribution >= 0.6 is 0 Å². The minimum Gasteiger partial charge on any atom is -0.496 e. The molecule has 1 aromatic heterocycles. The molecule has 2 heterocycles. The first-order valence-corrected chi connectivity index (χ1v) is 11.0. The summed E-state index contributed by atoms with van der Waals surface area (Å²) in [6.07, 6.45) is 9.37. The largest absolute Gasteiger partial charge is 0.496 e. The van der Waals surface area contributed by atoms with Gasteiger partial charge in [-0.2, -0.15) is 0 Å². The molecule has 8 nitrogen and oxygen atoms in total. The highest BCUT2D eigenvalue weighted by molar-refractivity contribution is 6.01. The van der Waals surface area contributed by atoms with Crippen molar-refractivity contribution in [3.63, 3.8) is 0 Å². The number of ether oxygens (including phenoxy) is 1. The van der Waals surface area contributed by atoms with Gasteiger partial charge in [-0.25, -0.2) is 0 Å². The molecule has 1 saturated carbocycles. The van der Waals surface area contributed by atoms with Crippen LogP contribution in [0.15, 0.2) is 24.3 Å². The summed E-state index contributed by atoms with van der Waals surface area (Å²) in [6.45, 7) is 0.629. The SMILES string of the molecule is C#CC(CC1CCNC1=O)NC(=O)C(CC1CC1)NC(=O)c1cc2c(OC)cccc2[nH]1. The summed E-state index contributed by atoms with van der Waals surface area (Å²) < 4.78 is 5.36. The number of benzene rings is 1. The van der Waals surface area contributed by atoms with Crippen LogP contribution < -0.4 is 20.7 Å². The van der Waals surface area contributed by atoms with Gasteiger partial charge >= 0.3 is 0 Å². The Bertz CT molecular complexity index is 1070. The van der Waals surface area contributed by atoms with Crippen LogP contribution in [0.3, 0.4) is 0 Å². The Kier molecular flexibility index (Phi) is 6.35. The molecule has 4 rings (SSSR count). The zero-order valence-electron chi connectivity index (χ0n) is 18.1. The number of H-pyrrole nitrogens is 1. The molecule has 1 aliphatic carbocycles. The Labute approximate surface area is 186 Å². The van der Waals surface area contributed by atoms with Crippen LogP contribution in [-0.2, 0) is 9.59 Å². The van der Waals surface area contributed by atoms with E-state index in [2.05, 4.69) is 26.9 Å². The summed E-state index contributed by atoms with van der Waals surface area (Å²) in [5, 5.41) is 9.29. The van der Waals surface area contributed by atoms with Gasteiger partial charge in [0.25, 0.3) is 5.91 Å². The van der Waals surface area contributed by atoms with Crippen molar-refractivity contribution >= 4 is 28.6 Å². The van der Waals surface area contributed by atoms with E-state index in [0.717, 1.165) is 23.7 Å². The van der Waals surface area contributed by atoms with Crippen molar-refractivity contribution in [1.29, 1.82) is 0 Å². The Morgan fingerprint density at radius 1 is 1.25 bits per heavy atom. The molecule has 0 spiro atoms. The third-order valence-corrected chi connectivity index (χ3v) is 6.18. The van der Waals surface area contributed by atoms with E-state index in [1.54, 1.807) is 13.2 Å². The second-order valence-electron chi connectivity index (χ2n) is 8.55. The lowest BCUT2D eigenvalue weighted by Gasteiger charge is -2.22. The molecule has 4 N–H and O–H groups in total. The maximum Gasteiger partial charge on any atom is 0.268 e. The molecule has 3 atom stereocenters. The van der Waals surface area contributed by atoms with Gasteiger partial charge in [0.1, 0.15) is 17.5 Å². The van der Waals surface area contributed by atoms with Crippen LogP contribution in [0.5, 0.6) is 5.75 Å². The molecule has 8 heteroatoms. The standard InChI is InChI=1S/C24H28N4O4/c1-3-16(12-15-9-10-25-22(15)29)26-23(30)19(11-14-7-8-14)28-24(31)20-13-17-18(27-20)5-4-6-21(17)32-2/h1,4-6,13-16,19,27H,7-12H2,2H3,(H,25,29)(H,26,30)(H,28,31). The third-order valence-electron chi connectivity index (χ3n) is 6.18. The van der Waals surface area contributed by atoms with Crippen LogP contribution in [-0.4, -0.2) is 48.4 Å². The number of aromatic nitrogens is 1. The van der Waals surface area contributed by atoms with Crippen molar-refractivity contribution in [2.75, 3.05) is 13.7 Å². The van der Waals surface area contributed by atoms with E-state index in [0.29, 0.717) is 43.2 Å². The number of carbonyl (C=O) groups excluding carboxylic acids is 3. The fraction of sp³-hybridized carbons (Fsp3) is 0.458. The molecule has 2 aromatic rings. The number of hydrogen-bond donors (Lipinski definition) is 4. The number of amides is 3. The predicted molar refractivity (Wildman–Crippen MR) is 120 cm³/mol. The van der Waals surface area contributed by atoms with Gasteiger partial charge in [-0.15, -0.1) is 6.42 Å². The van der Waals surface area contributed by atoms with E-state index in [9.17, 15) is 14.4 Å². The molecule has 2 fully saturated rings. The maximum absolute atomic E-state index is 13.0. The van der Waals surface area contributed by atoms with Gasteiger partial charge < -0.3 is 25.7 Å². The topological polar surface area (TPSA) is 112 Å². The quantitative estimate of drug-likeness (QED) is 0.449. The molecule has 32 heavy (non-hydrogen) atoms. The molecule has 1 aromatic carbocycles. The number of aromatic amines is 1. The first-order valence-electron chi connectivity index (χ1n) is 11.0. The van der Waals surface area contributed by atoms with Gasteiger partial charge in [0, 0.05) is 23.4 Å². The Balaban J connectivity index is 1.44. The van der Waals surface area contributed by atoms with Crippen molar-refractivity contribution < 1.29 is 19.1 Å². The summed E-state index contributed by atoms with van der Waals surface area (Å²) in [6, 6.07) is 5.99. The van der Waals surface area contributed by atoms with Crippen molar-refractivity contribution in [2.24, 2.45) is 11.8 Å². The van der Waals surface area contributed by atoms with Crippen LogP contribution in [0.4, 0.5) is 0 Å². The summed E-state index contributed by atoms with van der Waals surface area (Å²) >= 11 is 0. The second-order valence-corrected chi connectivity index (χ2v) is 8.55. The third kappa shape index (κ3) is 4.88. The molecule has 168 valence electrons. The van der Waals surface area contributed by atoms with Gasteiger partial charge in [-0.1, -0.05) is 24.8 Å². The number of methoxy groups -OCH3 is 1. The summed E-state index contributed by atoms with van der Waals surface area (Å²) in [7, 11) is 1.58. The van der Waals surface area contributed by atoms with E-state index in [4.69, 9.17) is 11.2 Å². The van der Waals surface area contributed by atoms with Gasteiger partial charge in [-0.05, 0) is 43.4 Å². The second kappa shape index (κ2) is 9.35. The van der Waals surface area contributed by atoms with Crippen molar-refractivity contribution in [1.82, 2.24) is 20.9 Å². The lowest BCUT2D eigenvalue weighted by molar-refractivity contribution is -0.125. The smallest absolute Gasteiger partial charge is 0.268 e. The highest BCUT2D eigenvalue weighted by Gasteiger charge is 2.33. The number of rotatable bonds is 9. The fourth-order valence-corrected chi connectivity index (χ4v) is 4.18. The maximum atomic E-state index is 13.0.